The van der Waals surface area contributed by atoms with Crippen molar-refractivity contribution in [2.45, 2.75) is 13.1 Å². The third-order valence-electron chi connectivity index (χ3n) is 4.06. The number of aromatic hydroxyl groups is 1. The molecule has 0 saturated heterocycles. The first-order valence-corrected chi connectivity index (χ1v) is 8.76. The molecular formula is C21H18F2N2OS. The second-order valence-corrected chi connectivity index (χ2v) is 6.36. The summed E-state index contributed by atoms with van der Waals surface area (Å²) in [6.07, 6.45) is 0. The van der Waals surface area contributed by atoms with E-state index >= 15 is 0 Å². The number of benzene rings is 3. The van der Waals surface area contributed by atoms with Gasteiger partial charge in [-0.15, -0.1) is 0 Å². The Morgan fingerprint density at radius 2 is 1.48 bits per heavy atom. The number of para-hydroxylation sites is 1. The van der Waals surface area contributed by atoms with E-state index < -0.39 is 0 Å². The molecule has 0 atom stereocenters. The summed E-state index contributed by atoms with van der Waals surface area (Å²) in [6, 6.07) is 19.1. The Hall–Kier alpha value is -2.99. The molecule has 0 fully saturated rings. The highest BCUT2D eigenvalue weighted by Crippen LogP contribution is 2.23. The number of hydrogen-bond donors (Lipinski definition) is 2. The quantitative estimate of drug-likeness (QED) is 0.622. The normalized spacial score (nSPS) is 10.4. The predicted octanol–water partition coefficient (Wildman–Crippen LogP) is 4.75. The van der Waals surface area contributed by atoms with Crippen LogP contribution in [0, 0.1) is 11.6 Å². The molecule has 0 saturated carbocycles. The Labute approximate surface area is 161 Å². The molecule has 3 aromatic rings. The Balaban J connectivity index is 1.79. The van der Waals surface area contributed by atoms with Gasteiger partial charge in [-0.2, -0.15) is 0 Å². The number of phenolic OH excluding ortho intramolecular Hbond substituents is 1. The maximum absolute atomic E-state index is 13.3. The second-order valence-electron chi connectivity index (χ2n) is 5.98. The van der Waals surface area contributed by atoms with Gasteiger partial charge in [0, 0.05) is 17.8 Å². The average Bonchev–Trinajstić information content (AvgIpc) is 2.67. The second kappa shape index (κ2) is 8.60. The van der Waals surface area contributed by atoms with Gasteiger partial charge in [0.05, 0.1) is 6.54 Å². The molecule has 3 nitrogen and oxygen atoms in total. The summed E-state index contributed by atoms with van der Waals surface area (Å²) in [5.74, 6) is -0.480. The number of nitrogens with zero attached hydrogens (tertiary/aromatic N) is 1. The molecule has 0 aromatic heterocycles. The van der Waals surface area contributed by atoms with Gasteiger partial charge < -0.3 is 15.3 Å². The zero-order valence-electron chi connectivity index (χ0n) is 14.4. The fourth-order valence-electron chi connectivity index (χ4n) is 2.59. The van der Waals surface area contributed by atoms with Crippen LogP contribution in [0.2, 0.25) is 0 Å². The van der Waals surface area contributed by atoms with Crippen molar-refractivity contribution in [3.63, 3.8) is 0 Å². The van der Waals surface area contributed by atoms with E-state index in [2.05, 4.69) is 5.32 Å². The first kappa shape index (κ1) is 18.8. The highest BCUT2D eigenvalue weighted by Gasteiger charge is 2.15. The van der Waals surface area contributed by atoms with Gasteiger partial charge in [0.25, 0.3) is 0 Å². The van der Waals surface area contributed by atoms with E-state index in [0.29, 0.717) is 29.5 Å². The van der Waals surface area contributed by atoms with Crippen LogP contribution in [0.15, 0.2) is 72.8 Å². The molecule has 0 radical (unpaired) electrons. The lowest BCUT2D eigenvalue weighted by Gasteiger charge is -2.26. The number of rotatable bonds is 5. The summed E-state index contributed by atoms with van der Waals surface area (Å²) in [4.78, 5) is 1.77. The Bertz CT molecular complexity index is 914. The van der Waals surface area contributed by atoms with Gasteiger partial charge in [0.1, 0.15) is 17.4 Å². The van der Waals surface area contributed by atoms with Crippen molar-refractivity contribution >= 4 is 23.0 Å². The van der Waals surface area contributed by atoms with Crippen molar-refractivity contribution in [2.75, 3.05) is 4.90 Å². The van der Waals surface area contributed by atoms with Crippen LogP contribution in [0.4, 0.5) is 14.5 Å². The molecule has 0 bridgehead atoms. The Morgan fingerprint density at radius 3 is 2.11 bits per heavy atom. The van der Waals surface area contributed by atoms with Crippen LogP contribution >= 0.6 is 12.2 Å². The molecule has 0 aliphatic heterocycles. The molecule has 0 aliphatic rings. The monoisotopic (exact) mass is 384 g/mol. The smallest absolute Gasteiger partial charge is 0.174 e. The van der Waals surface area contributed by atoms with Crippen LogP contribution in [0.1, 0.15) is 11.1 Å². The molecule has 3 aromatic carbocycles. The molecule has 3 rings (SSSR count). The number of hydrogen-bond acceptors (Lipinski definition) is 2. The lowest BCUT2D eigenvalue weighted by atomic mass is 10.1. The third kappa shape index (κ3) is 5.01. The fraction of sp³-hybridized carbons (Fsp3) is 0.0952. The maximum atomic E-state index is 13.3. The van der Waals surface area contributed by atoms with Gasteiger partial charge in [-0.1, -0.05) is 30.3 Å². The molecule has 6 heteroatoms. The van der Waals surface area contributed by atoms with Crippen LogP contribution in [0.3, 0.4) is 0 Å². The van der Waals surface area contributed by atoms with Crippen molar-refractivity contribution in [3.05, 3.63) is 95.6 Å². The van der Waals surface area contributed by atoms with E-state index in [1.807, 2.05) is 6.07 Å². The van der Waals surface area contributed by atoms with E-state index in [-0.39, 0.29) is 17.4 Å². The number of phenols is 1. The van der Waals surface area contributed by atoms with E-state index in [9.17, 15) is 13.9 Å². The SMILES string of the molecule is Oc1ccccc1CN(C(=S)NCc1ccc(F)cc1)c1ccc(F)cc1. The first-order valence-electron chi connectivity index (χ1n) is 8.35. The standard InChI is InChI=1S/C21H18F2N2OS/c22-17-7-5-15(6-8-17)13-24-21(27)25(19-11-9-18(23)10-12-19)14-16-3-1-2-4-20(16)26/h1-12,26H,13-14H2,(H,24,27). The van der Waals surface area contributed by atoms with Gasteiger partial charge in [-0.25, -0.2) is 8.78 Å². The van der Waals surface area contributed by atoms with Crippen molar-refractivity contribution in [1.29, 1.82) is 0 Å². The maximum Gasteiger partial charge on any atom is 0.174 e. The van der Waals surface area contributed by atoms with Gasteiger partial charge >= 0.3 is 0 Å². The molecule has 138 valence electrons. The van der Waals surface area contributed by atoms with E-state index in [0.717, 1.165) is 5.56 Å². The molecule has 0 spiro atoms. The average molecular weight is 384 g/mol. The molecule has 2 N–H and O–H groups in total. The van der Waals surface area contributed by atoms with Gasteiger partial charge in [-0.05, 0) is 60.2 Å². The number of halogens is 2. The van der Waals surface area contributed by atoms with Crippen molar-refractivity contribution in [3.8, 4) is 5.75 Å². The molecule has 0 unspecified atom stereocenters. The van der Waals surface area contributed by atoms with Crippen molar-refractivity contribution < 1.29 is 13.9 Å². The van der Waals surface area contributed by atoms with E-state index in [1.165, 1.54) is 24.3 Å². The molecule has 0 heterocycles. The van der Waals surface area contributed by atoms with Gasteiger partial charge in [0.15, 0.2) is 5.11 Å². The van der Waals surface area contributed by atoms with Crippen LogP contribution in [0.5, 0.6) is 5.75 Å². The minimum absolute atomic E-state index is 0.158. The number of nitrogens with one attached hydrogen (secondary N) is 1. The minimum atomic E-state index is -0.341. The summed E-state index contributed by atoms with van der Waals surface area (Å²) in [5, 5.41) is 13.6. The van der Waals surface area contributed by atoms with Crippen LogP contribution < -0.4 is 10.2 Å². The number of thiocarbonyl (C=S) groups is 1. The lowest BCUT2D eigenvalue weighted by molar-refractivity contribution is 0.468. The summed E-state index contributed by atoms with van der Waals surface area (Å²) in [6.45, 7) is 0.727. The Morgan fingerprint density at radius 1 is 0.889 bits per heavy atom. The summed E-state index contributed by atoms with van der Waals surface area (Å²) >= 11 is 5.52. The minimum Gasteiger partial charge on any atom is -0.508 e. The van der Waals surface area contributed by atoms with Crippen molar-refractivity contribution in [2.24, 2.45) is 0 Å². The number of anilines is 1. The highest BCUT2D eigenvalue weighted by atomic mass is 32.1. The molecule has 27 heavy (non-hydrogen) atoms. The molecular weight excluding hydrogens is 366 g/mol. The van der Waals surface area contributed by atoms with E-state index in [4.69, 9.17) is 12.2 Å². The Kier molecular flexibility index (Phi) is 5.98. The predicted molar refractivity (Wildman–Crippen MR) is 107 cm³/mol. The zero-order chi connectivity index (χ0) is 19.2. The van der Waals surface area contributed by atoms with Crippen molar-refractivity contribution in [1.82, 2.24) is 5.32 Å². The first-order chi connectivity index (χ1) is 13.0. The van der Waals surface area contributed by atoms with Gasteiger partial charge in [0.2, 0.25) is 0 Å². The topological polar surface area (TPSA) is 35.5 Å². The van der Waals surface area contributed by atoms with Crippen LogP contribution in [-0.4, -0.2) is 10.2 Å². The molecule has 0 amide bonds. The summed E-state index contributed by atoms with van der Waals surface area (Å²) < 4.78 is 26.3. The third-order valence-corrected chi connectivity index (χ3v) is 4.43. The molecule has 0 aliphatic carbocycles. The largest absolute Gasteiger partial charge is 0.508 e. The zero-order valence-corrected chi connectivity index (χ0v) is 15.2. The summed E-state index contributed by atoms with van der Waals surface area (Å²) in [7, 11) is 0. The fourth-order valence-corrected chi connectivity index (χ4v) is 2.83. The lowest BCUT2D eigenvalue weighted by Crippen LogP contribution is -2.39. The highest BCUT2D eigenvalue weighted by molar-refractivity contribution is 7.80. The van der Waals surface area contributed by atoms with Crippen LogP contribution in [0.25, 0.3) is 0 Å². The van der Waals surface area contributed by atoms with Crippen LogP contribution in [-0.2, 0) is 13.1 Å². The van der Waals surface area contributed by atoms with Gasteiger partial charge in [-0.3, -0.25) is 0 Å². The summed E-state index contributed by atoms with van der Waals surface area (Å²) in [5.41, 5.74) is 2.25. The van der Waals surface area contributed by atoms with E-state index in [1.54, 1.807) is 47.4 Å².